The van der Waals surface area contributed by atoms with Crippen molar-refractivity contribution in [2.24, 2.45) is 0 Å². The molecule has 0 N–H and O–H groups in total. The molecule has 8 heteroatoms. The topological polar surface area (TPSA) is 63.9 Å². The molecule has 6 nitrogen and oxygen atoms in total. The minimum absolute atomic E-state index is 0.208. The van der Waals surface area contributed by atoms with Gasteiger partial charge in [0.05, 0.1) is 21.3 Å². The van der Waals surface area contributed by atoms with Crippen molar-refractivity contribution in [1.82, 2.24) is 24.6 Å². The number of amides is 1. The van der Waals surface area contributed by atoms with Crippen LogP contribution >= 0.6 is 23.2 Å². The van der Waals surface area contributed by atoms with Gasteiger partial charge in [0, 0.05) is 19.3 Å². The Morgan fingerprint density at radius 3 is 2.73 bits per heavy atom. The Kier molecular flexibility index (Phi) is 4.38. The Bertz CT molecular complexity index is 973. The van der Waals surface area contributed by atoms with Crippen molar-refractivity contribution >= 4 is 29.1 Å². The third kappa shape index (κ3) is 2.75. The van der Waals surface area contributed by atoms with Crippen molar-refractivity contribution < 1.29 is 4.79 Å². The van der Waals surface area contributed by atoms with Gasteiger partial charge in [-0.1, -0.05) is 35.3 Å². The summed E-state index contributed by atoms with van der Waals surface area (Å²) in [6.07, 6.45) is 1.70. The molecule has 0 unspecified atom stereocenters. The Balaban J connectivity index is 1.82. The van der Waals surface area contributed by atoms with E-state index in [1.807, 2.05) is 29.7 Å². The highest BCUT2D eigenvalue weighted by Gasteiger charge is 2.36. The van der Waals surface area contributed by atoms with E-state index in [9.17, 15) is 4.79 Å². The number of hydrogen-bond donors (Lipinski definition) is 0. The molecule has 2 aromatic heterocycles. The molecule has 132 valence electrons. The fraction of sp³-hybridized carbons (Fsp3) is 0.222. The van der Waals surface area contributed by atoms with Crippen LogP contribution in [0, 0.1) is 6.92 Å². The van der Waals surface area contributed by atoms with Gasteiger partial charge in [-0.15, -0.1) is 10.2 Å². The summed E-state index contributed by atoms with van der Waals surface area (Å²) in [4.78, 5) is 19.4. The summed E-state index contributed by atoms with van der Waals surface area (Å²) in [7, 11) is 0. The van der Waals surface area contributed by atoms with E-state index in [-0.39, 0.29) is 10.9 Å². The van der Waals surface area contributed by atoms with Gasteiger partial charge in [-0.3, -0.25) is 9.78 Å². The normalized spacial score (nSPS) is 16.4. The van der Waals surface area contributed by atoms with Crippen molar-refractivity contribution in [2.75, 3.05) is 6.54 Å². The minimum atomic E-state index is -0.436. The molecule has 0 aliphatic carbocycles. The lowest BCUT2D eigenvalue weighted by Gasteiger charge is -2.35. The number of rotatable bonds is 2. The first-order valence-corrected chi connectivity index (χ1v) is 8.89. The van der Waals surface area contributed by atoms with E-state index in [0.717, 1.165) is 11.5 Å². The molecule has 1 atom stereocenters. The number of benzene rings is 1. The number of nitrogens with zero attached hydrogens (tertiary/aromatic N) is 5. The highest BCUT2D eigenvalue weighted by Crippen LogP contribution is 2.34. The summed E-state index contributed by atoms with van der Waals surface area (Å²) >= 11 is 12.4. The minimum Gasteiger partial charge on any atom is -0.321 e. The predicted molar refractivity (Wildman–Crippen MR) is 98.3 cm³/mol. The number of fused-ring (bicyclic) bond motifs is 1. The zero-order valence-corrected chi connectivity index (χ0v) is 15.4. The molecular formula is C18H15Cl2N5O. The predicted octanol–water partition coefficient (Wildman–Crippen LogP) is 3.53. The summed E-state index contributed by atoms with van der Waals surface area (Å²) in [6, 6.07) is 10.2. The summed E-state index contributed by atoms with van der Waals surface area (Å²) in [5.74, 6) is 1.30. The summed E-state index contributed by atoms with van der Waals surface area (Å²) in [5, 5.41) is 9.07. The van der Waals surface area contributed by atoms with E-state index in [2.05, 4.69) is 15.2 Å². The van der Waals surface area contributed by atoms with Crippen molar-refractivity contribution in [1.29, 1.82) is 0 Å². The first kappa shape index (κ1) is 17.0. The highest BCUT2D eigenvalue weighted by molar-refractivity contribution is 6.43. The van der Waals surface area contributed by atoms with E-state index < -0.39 is 6.04 Å². The number of carbonyl (C=O) groups is 1. The molecule has 0 saturated carbocycles. The fourth-order valence-corrected chi connectivity index (χ4v) is 3.61. The van der Waals surface area contributed by atoms with Crippen molar-refractivity contribution in [3.63, 3.8) is 0 Å². The number of carbonyl (C=O) groups excluding carboxylic acids is 1. The first-order valence-electron chi connectivity index (χ1n) is 8.13. The monoisotopic (exact) mass is 387 g/mol. The number of hydrogen-bond acceptors (Lipinski definition) is 4. The van der Waals surface area contributed by atoms with Crippen LogP contribution in [0.2, 0.25) is 10.0 Å². The van der Waals surface area contributed by atoms with Crippen LogP contribution in [0.15, 0.2) is 42.6 Å². The van der Waals surface area contributed by atoms with Crippen molar-refractivity contribution in [3.8, 4) is 0 Å². The van der Waals surface area contributed by atoms with Crippen molar-refractivity contribution in [2.45, 2.75) is 19.5 Å². The molecule has 1 amide bonds. The van der Waals surface area contributed by atoms with Crippen LogP contribution in [0.3, 0.4) is 0 Å². The maximum Gasteiger partial charge on any atom is 0.256 e. The lowest BCUT2D eigenvalue weighted by molar-refractivity contribution is 0.0653. The third-order valence-corrected chi connectivity index (χ3v) is 5.31. The maximum absolute atomic E-state index is 13.3. The smallest absolute Gasteiger partial charge is 0.256 e. The van der Waals surface area contributed by atoms with Crippen LogP contribution in [-0.2, 0) is 6.54 Å². The second-order valence-corrected chi connectivity index (χ2v) is 6.80. The number of aryl methyl sites for hydroxylation is 1. The van der Waals surface area contributed by atoms with Gasteiger partial charge < -0.3 is 9.47 Å². The van der Waals surface area contributed by atoms with Gasteiger partial charge >= 0.3 is 0 Å². The van der Waals surface area contributed by atoms with Gasteiger partial charge in [0.25, 0.3) is 5.91 Å². The Morgan fingerprint density at radius 2 is 1.96 bits per heavy atom. The van der Waals surface area contributed by atoms with Crippen LogP contribution < -0.4 is 0 Å². The summed E-state index contributed by atoms with van der Waals surface area (Å²) in [5.41, 5.74) is 1.09. The maximum atomic E-state index is 13.3. The molecule has 26 heavy (non-hydrogen) atoms. The number of pyridine rings is 1. The molecule has 3 heterocycles. The van der Waals surface area contributed by atoms with Gasteiger partial charge in [-0.05, 0) is 31.2 Å². The zero-order valence-electron chi connectivity index (χ0n) is 13.9. The summed E-state index contributed by atoms with van der Waals surface area (Å²) in [6.45, 7) is 3.01. The second kappa shape index (κ2) is 6.70. The lowest BCUT2D eigenvalue weighted by Crippen LogP contribution is -2.43. The quantitative estimate of drug-likeness (QED) is 0.674. The van der Waals surface area contributed by atoms with E-state index >= 15 is 0 Å². The second-order valence-electron chi connectivity index (χ2n) is 6.01. The van der Waals surface area contributed by atoms with E-state index in [0.29, 0.717) is 29.5 Å². The highest BCUT2D eigenvalue weighted by atomic mass is 35.5. The number of halogens is 2. The van der Waals surface area contributed by atoms with Crippen LogP contribution in [-0.4, -0.2) is 37.1 Å². The van der Waals surface area contributed by atoms with E-state index in [1.54, 1.807) is 29.3 Å². The Hall–Kier alpha value is -2.44. The molecule has 3 aromatic rings. The first-order chi connectivity index (χ1) is 12.6. The van der Waals surface area contributed by atoms with Gasteiger partial charge in [0.15, 0.2) is 5.82 Å². The molecule has 1 aliphatic heterocycles. The molecule has 1 aromatic carbocycles. The van der Waals surface area contributed by atoms with Gasteiger partial charge in [-0.2, -0.15) is 0 Å². The zero-order chi connectivity index (χ0) is 18.3. The van der Waals surface area contributed by atoms with E-state index in [4.69, 9.17) is 23.2 Å². The third-order valence-electron chi connectivity index (χ3n) is 4.50. The van der Waals surface area contributed by atoms with Gasteiger partial charge in [0.2, 0.25) is 0 Å². The van der Waals surface area contributed by atoms with E-state index in [1.165, 1.54) is 0 Å². The fourth-order valence-electron chi connectivity index (χ4n) is 3.22. The Labute approximate surface area is 160 Å². The van der Waals surface area contributed by atoms with Gasteiger partial charge in [-0.25, -0.2) is 0 Å². The average molecular weight is 388 g/mol. The lowest BCUT2D eigenvalue weighted by atomic mass is 10.1. The SMILES string of the molecule is Cc1nnc2n1CCN(C(=O)c1cccc(Cl)c1Cl)[C@H]2c1ccccn1. The molecule has 4 rings (SSSR count). The molecule has 0 saturated heterocycles. The van der Waals surface area contributed by atoms with Crippen molar-refractivity contribution in [3.05, 3.63) is 75.5 Å². The molecule has 0 fully saturated rings. The van der Waals surface area contributed by atoms with Crippen LogP contribution in [0.5, 0.6) is 0 Å². The van der Waals surface area contributed by atoms with Crippen LogP contribution in [0.25, 0.3) is 0 Å². The standard InChI is InChI=1S/C18H15Cl2N5O/c1-11-22-23-17-16(14-7-2-3-8-21-14)25(10-9-24(11)17)18(26)12-5-4-6-13(19)15(12)20/h2-8,16H,9-10H2,1H3/t16-/m0/s1. The largest absolute Gasteiger partial charge is 0.321 e. The Morgan fingerprint density at radius 1 is 1.12 bits per heavy atom. The molecule has 0 radical (unpaired) electrons. The molecule has 0 bridgehead atoms. The molecule has 1 aliphatic rings. The van der Waals surface area contributed by atoms with Crippen LogP contribution in [0.1, 0.15) is 33.7 Å². The number of aromatic nitrogens is 4. The molecule has 0 spiro atoms. The van der Waals surface area contributed by atoms with Gasteiger partial charge in [0.1, 0.15) is 11.9 Å². The molecular weight excluding hydrogens is 373 g/mol. The van der Waals surface area contributed by atoms with Crippen LogP contribution in [0.4, 0.5) is 0 Å². The summed E-state index contributed by atoms with van der Waals surface area (Å²) < 4.78 is 2.02. The average Bonchev–Trinajstić information content (AvgIpc) is 3.04.